The largest absolute Gasteiger partial charge is 0.611 e. The van der Waals surface area contributed by atoms with Crippen molar-refractivity contribution in [2.24, 2.45) is 4.66 Å². The molecule has 25 heavy (non-hydrogen) atoms. The Kier molecular flexibility index (Phi) is 10.0. The quantitative estimate of drug-likeness (QED) is 0.243. The van der Waals surface area contributed by atoms with Crippen LogP contribution in [0.2, 0.25) is 0 Å². The van der Waals surface area contributed by atoms with Crippen molar-refractivity contribution < 1.29 is 9.31 Å². The summed E-state index contributed by atoms with van der Waals surface area (Å²) in [5.41, 5.74) is 0. The summed E-state index contributed by atoms with van der Waals surface area (Å²) in [5, 5.41) is 0.262. The van der Waals surface area contributed by atoms with Gasteiger partial charge in [0.2, 0.25) is 0 Å². The highest BCUT2D eigenvalue weighted by Gasteiger charge is 2.51. The predicted octanol–water partition coefficient (Wildman–Crippen LogP) is 7.20. The summed E-state index contributed by atoms with van der Waals surface area (Å²) in [6.45, 7) is 26.9. The van der Waals surface area contributed by atoms with Crippen molar-refractivity contribution >= 4 is 14.3 Å². The van der Waals surface area contributed by atoms with Crippen molar-refractivity contribution in [3.05, 3.63) is 0 Å². The molecule has 0 amide bonds. The molecule has 0 aromatic carbocycles. The Bertz CT molecular complexity index is 378. The first-order valence-corrected chi connectivity index (χ1v) is 11.8. The van der Waals surface area contributed by atoms with Gasteiger partial charge in [0.1, 0.15) is 0 Å². The molecule has 0 bridgehead atoms. The summed E-state index contributed by atoms with van der Waals surface area (Å²) >= 11 is 0. The van der Waals surface area contributed by atoms with Crippen molar-refractivity contribution in [2.75, 3.05) is 13.2 Å². The molecule has 0 aliphatic rings. The highest BCUT2D eigenvalue weighted by Crippen LogP contribution is 2.76. The Morgan fingerprint density at radius 2 is 1.00 bits per heavy atom. The van der Waals surface area contributed by atoms with Gasteiger partial charge in [-0.2, -0.15) is 0 Å². The molecule has 0 saturated heterocycles. The molecular formula is C20H45BNO2P. The van der Waals surface area contributed by atoms with E-state index in [0.29, 0.717) is 0 Å². The van der Waals surface area contributed by atoms with Crippen molar-refractivity contribution in [3.63, 3.8) is 0 Å². The molecule has 0 aromatic heterocycles. The smallest absolute Gasteiger partial charge is 0.391 e. The summed E-state index contributed by atoms with van der Waals surface area (Å²) in [5.74, 6) is 0. The average molecular weight is 373 g/mol. The van der Waals surface area contributed by atoms with Gasteiger partial charge in [0.15, 0.2) is 0 Å². The summed E-state index contributed by atoms with van der Waals surface area (Å²) in [7, 11) is -2.27. The molecule has 0 aromatic rings. The van der Waals surface area contributed by atoms with Crippen LogP contribution in [0.3, 0.4) is 0 Å². The topological polar surface area (TPSA) is 30.8 Å². The summed E-state index contributed by atoms with van der Waals surface area (Å²) in [6.07, 6.45) is 4.35. The van der Waals surface area contributed by atoms with Crippen LogP contribution in [0.4, 0.5) is 0 Å². The lowest BCUT2D eigenvalue weighted by atomic mass is 10.1. The van der Waals surface area contributed by atoms with Gasteiger partial charge in [-0.1, -0.05) is 89.0 Å². The summed E-state index contributed by atoms with van der Waals surface area (Å²) in [6, 6.07) is 0. The van der Waals surface area contributed by atoms with Crippen molar-refractivity contribution in [2.45, 2.75) is 117 Å². The van der Waals surface area contributed by atoms with Gasteiger partial charge in [-0.05, 0) is 35.4 Å². The van der Waals surface area contributed by atoms with Crippen molar-refractivity contribution in [1.82, 2.24) is 0 Å². The standard InChI is InChI=1S/C20H45BNO2P/c1-12-14-16-23-21(24-17-15-13-2)22-25(18(3,4)5,19(6,7)8)20(9,10)11/h12-17H2,1-11H3. The molecule has 0 fully saturated rings. The zero-order valence-electron chi connectivity index (χ0n) is 19.0. The lowest BCUT2D eigenvalue weighted by molar-refractivity contribution is 0.193. The second-order valence-electron chi connectivity index (χ2n) is 10.0. The van der Waals surface area contributed by atoms with E-state index in [-0.39, 0.29) is 15.5 Å². The number of rotatable bonds is 9. The first-order valence-electron chi connectivity index (χ1n) is 10.1. The van der Waals surface area contributed by atoms with Gasteiger partial charge in [0, 0.05) is 13.2 Å². The second-order valence-corrected chi connectivity index (χ2v) is 15.5. The van der Waals surface area contributed by atoms with E-state index in [1.807, 2.05) is 0 Å². The highest BCUT2D eigenvalue weighted by molar-refractivity contribution is 7.71. The minimum absolute atomic E-state index is 0.0873. The van der Waals surface area contributed by atoms with Crippen molar-refractivity contribution in [1.29, 1.82) is 0 Å². The van der Waals surface area contributed by atoms with Gasteiger partial charge in [-0.3, -0.25) is 4.66 Å². The van der Waals surface area contributed by atoms with Crippen LogP contribution in [0.1, 0.15) is 102 Å². The van der Waals surface area contributed by atoms with E-state index < -0.39 is 14.3 Å². The lowest BCUT2D eigenvalue weighted by Crippen LogP contribution is -2.40. The number of hydrogen-bond acceptors (Lipinski definition) is 3. The Balaban J connectivity index is 6.11. The van der Waals surface area contributed by atoms with Gasteiger partial charge in [-0.15, -0.1) is 0 Å². The normalized spacial score (nSPS) is 13.9. The van der Waals surface area contributed by atoms with Gasteiger partial charge >= 0.3 is 7.25 Å². The first kappa shape index (κ1) is 25.2. The van der Waals surface area contributed by atoms with Crippen LogP contribution in [0.5, 0.6) is 0 Å². The summed E-state index contributed by atoms with van der Waals surface area (Å²) < 4.78 is 17.6. The Hall–Kier alpha value is 0.215. The number of hydrogen-bond donors (Lipinski definition) is 0. The maximum absolute atomic E-state index is 6.11. The van der Waals surface area contributed by atoms with E-state index >= 15 is 0 Å². The van der Waals surface area contributed by atoms with Crippen LogP contribution < -0.4 is 0 Å². The molecule has 0 radical (unpaired) electrons. The van der Waals surface area contributed by atoms with E-state index in [0.717, 1.165) is 38.9 Å². The molecule has 0 N–H and O–H groups in total. The van der Waals surface area contributed by atoms with Crippen LogP contribution in [-0.4, -0.2) is 35.9 Å². The molecule has 5 heteroatoms. The average Bonchev–Trinajstić information content (AvgIpc) is 2.40. The molecule has 0 unspecified atom stereocenters. The number of nitrogens with zero attached hydrogens (tertiary/aromatic N) is 1. The minimum Gasteiger partial charge on any atom is -0.391 e. The summed E-state index contributed by atoms with van der Waals surface area (Å²) in [4.78, 5) is 0. The molecule has 0 atom stereocenters. The molecule has 0 saturated carbocycles. The van der Waals surface area contributed by atoms with Crippen LogP contribution in [0.15, 0.2) is 4.66 Å². The van der Waals surface area contributed by atoms with Gasteiger partial charge in [0.05, 0.1) is 0 Å². The fourth-order valence-electron chi connectivity index (χ4n) is 4.45. The molecule has 0 spiro atoms. The Morgan fingerprint density at radius 1 is 0.680 bits per heavy atom. The van der Waals surface area contributed by atoms with E-state index in [9.17, 15) is 0 Å². The monoisotopic (exact) mass is 373 g/mol. The lowest BCUT2D eigenvalue weighted by Gasteiger charge is -2.55. The number of unbranched alkanes of at least 4 members (excludes halogenated alkanes) is 2. The van der Waals surface area contributed by atoms with Crippen LogP contribution in [-0.2, 0) is 9.31 Å². The second kappa shape index (κ2) is 9.95. The van der Waals surface area contributed by atoms with E-state index in [1.165, 1.54) is 0 Å². The maximum atomic E-state index is 6.11. The molecule has 0 aliphatic carbocycles. The molecule has 0 aliphatic heterocycles. The third kappa shape index (κ3) is 6.71. The van der Waals surface area contributed by atoms with Crippen LogP contribution in [0, 0.1) is 0 Å². The highest BCUT2D eigenvalue weighted by atomic mass is 31.2. The van der Waals surface area contributed by atoms with Gasteiger partial charge in [-0.25, -0.2) is 0 Å². The zero-order valence-corrected chi connectivity index (χ0v) is 19.9. The Labute approximate surface area is 159 Å². The molecule has 150 valence electrons. The fourth-order valence-corrected chi connectivity index (χ4v) is 11.9. The molecule has 3 nitrogen and oxygen atoms in total. The third-order valence-corrected chi connectivity index (χ3v) is 11.1. The van der Waals surface area contributed by atoms with Crippen LogP contribution >= 0.6 is 7.05 Å². The zero-order chi connectivity index (χ0) is 19.9. The fraction of sp³-hybridized carbons (Fsp3) is 1.00. The molecule has 0 heterocycles. The minimum atomic E-state index is -1.83. The van der Waals surface area contributed by atoms with Gasteiger partial charge < -0.3 is 9.31 Å². The third-order valence-electron chi connectivity index (χ3n) is 4.70. The van der Waals surface area contributed by atoms with E-state index in [4.69, 9.17) is 14.0 Å². The van der Waals surface area contributed by atoms with E-state index in [2.05, 4.69) is 76.2 Å². The maximum Gasteiger partial charge on any atom is 0.611 e. The van der Waals surface area contributed by atoms with Gasteiger partial charge in [0.25, 0.3) is 0 Å². The Morgan fingerprint density at radius 3 is 1.24 bits per heavy atom. The first-order chi connectivity index (χ1) is 11.2. The predicted molar refractivity (Wildman–Crippen MR) is 116 cm³/mol. The molecular weight excluding hydrogens is 328 g/mol. The van der Waals surface area contributed by atoms with Crippen molar-refractivity contribution in [3.8, 4) is 0 Å². The molecule has 0 rings (SSSR count). The SMILES string of the molecule is CCCCOB(N=P(C(C)(C)C)(C(C)(C)C)C(C)(C)C)OCCCC. The van der Waals surface area contributed by atoms with E-state index in [1.54, 1.807) is 0 Å². The van der Waals surface area contributed by atoms with Crippen LogP contribution in [0.25, 0.3) is 0 Å².